The van der Waals surface area contributed by atoms with Gasteiger partial charge in [0.25, 0.3) is 5.91 Å². The summed E-state index contributed by atoms with van der Waals surface area (Å²) in [6.45, 7) is -0.394. The van der Waals surface area contributed by atoms with Crippen LogP contribution in [-0.2, 0) is 9.63 Å². The topological polar surface area (TPSA) is 38.3 Å². The van der Waals surface area contributed by atoms with E-state index in [9.17, 15) is 4.79 Å². The minimum Gasteiger partial charge on any atom is -0.277 e. The molecule has 3 nitrogen and oxygen atoms in total. The minimum atomic E-state index is -2.31. The molecule has 0 heterocycles. The lowest BCUT2D eigenvalue weighted by Gasteiger charge is -2.31. The first-order chi connectivity index (χ1) is 12.7. The lowest BCUT2D eigenvalue weighted by atomic mass is 10.3. The van der Waals surface area contributed by atoms with Crippen LogP contribution in [0.25, 0.3) is 0 Å². The predicted molar refractivity (Wildman–Crippen MR) is 111 cm³/mol. The van der Waals surface area contributed by atoms with Gasteiger partial charge in [0.1, 0.15) is 0 Å². The molecule has 0 saturated heterocycles. The van der Waals surface area contributed by atoms with Crippen LogP contribution in [0.4, 0.5) is 0 Å². The second kappa shape index (κ2) is 8.18. The van der Waals surface area contributed by atoms with Crippen molar-refractivity contribution >= 4 is 34.0 Å². The van der Waals surface area contributed by atoms with E-state index in [-0.39, 0.29) is 5.91 Å². The van der Waals surface area contributed by atoms with E-state index in [4.69, 9.17) is 4.84 Å². The van der Waals surface area contributed by atoms with Crippen molar-refractivity contribution in [3.05, 3.63) is 91.0 Å². The zero-order valence-electron chi connectivity index (χ0n) is 14.9. The van der Waals surface area contributed by atoms with Crippen LogP contribution < -0.4 is 21.4 Å². The second-order valence-electron chi connectivity index (χ2n) is 5.90. The summed E-state index contributed by atoms with van der Waals surface area (Å²) in [6, 6.07) is 30.8. The molecular weight excluding hydrogens is 341 g/mol. The van der Waals surface area contributed by atoms with Crippen LogP contribution in [0.15, 0.2) is 91.0 Å². The first-order valence-electron chi connectivity index (χ1n) is 8.44. The molecule has 132 valence electrons. The summed E-state index contributed by atoms with van der Waals surface area (Å²) in [7, 11) is 1.46. The summed E-state index contributed by atoms with van der Waals surface area (Å²) in [5.74, 6) is -0.197. The van der Waals surface area contributed by atoms with Crippen LogP contribution >= 0.6 is 6.89 Å². The zero-order chi connectivity index (χ0) is 18.4. The number of carbonyl (C=O) groups is 1. The Morgan fingerprint density at radius 3 is 1.38 bits per heavy atom. The third-order valence-electron chi connectivity index (χ3n) is 4.46. The molecule has 3 aromatic carbocycles. The monoisotopic (exact) mass is 363 g/mol. The Hall–Kier alpha value is -2.61. The third-order valence-corrected chi connectivity index (χ3v) is 8.88. The van der Waals surface area contributed by atoms with Gasteiger partial charge in [-0.15, -0.1) is 0 Å². The first kappa shape index (κ1) is 18.2. The smallest absolute Gasteiger partial charge is 0.271 e. The normalized spacial score (nSPS) is 11.0. The number of benzene rings is 3. The van der Waals surface area contributed by atoms with Crippen LogP contribution in [-0.4, -0.2) is 18.3 Å². The molecule has 0 fully saturated rings. The molecule has 0 aromatic heterocycles. The largest absolute Gasteiger partial charge is 0.277 e. The summed E-state index contributed by atoms with van der Waals surface area (Å²) in [4.78, 5) is 17.8. The molecule has 0 saturated carbocycles. The molecule has 0 aliphatic rings. The van der Waals surface area contributed by atoms with Crippen molar-refractivity contribution in [1.29, 1.82) is 0 Å². The fraction of sp³-hybridized carbons (Fsp3) is 0.0909. The number of nitrogens with one attached hydrogen (secondary N) is 1. The summed E-state index contributed by atoms with van der Waals surface area (Å²) in [6.07, 6.45) is 0. The molecule has 3 aromatic rings. The van der Waals surface area contributed by atoms with Crippen LogP contribution in [0.2, 0.25) is 0 Å². The molecule has 0 radical (unpaired) electrons. The van der Waals surface area contributed by atoms with Crippen molar-refractivity contribution in [2.75, 3.05) is 7.11 Å². The molecule has 26 heavy (non-hydrogen) atoms. The number of hydrogen-bond donors (Lipinski definition) is 1. The zero-order valence-corrected chi connectivity index (χ0v) is 15.8. The number of carbonyl (C=O) groups excluding carboxylic acids is 1. The first-order valence-corrected chi connectivity index (χ1v) is 10.2. The van der Waals surface area contributed by atoms with E-state index in [1.165, 1.54) is 7.11 Å². The van der Waals surface area contributed by atoms with Gasteiger partial charge < -0.3 is 0 Å². The summed E-state index contributed by atoms with van der Waals surface area (Å²) >= 11 is 0. The molecule has 3 rings (SSSR count). The molecule has 0 bridgehead atoms. The Morgan fingerprint density at radius 1 is 0.731 bits per heavy atom. The fourth-order valence-electron chi connectivity index (χ4n) is 3.30. The maximum Gasteiger partial charge on any atom is 0.271 e. The molecule has 4 heteroatoms. The average Bonchev–Trinajstić information content (AvgIpc) is 2.71. The molecule has 1 N–H and O–H groups in total. The van der Waals surface area contributed by atoms with Crippen molar-refractivity contribution < 1.29 is 9.63 Å². The average molecular weight is 363 g/mol. The lowest BCUT2D eigenvalue weighted by Crippen LogP contribution is -2.37. The van der Waals surface area contributed by atoms with Crippen molar-refractivity contribution in [2.24, 2.45) is 0 Å². The number of amides is 1. The molecule has 1 amide bonds. The van der Waals surface area contributed by atoms with Gasteiger partial charge in [-0.05, 0) is 29.7 Å². The quantitative estimate of drug-likeness (QED) is 0.559. The van der Waals surface area contributed by atoms with Gasteiger partial charge in [-0.1, -0.05) is 91.0 Å². The highest BCUT2D eigenvalue weighted by molar-refractivity contribution is 7.96. The Kier molecular flexibility index (Phi) is 5.72. The maximum atomic E-state index is 12.9. The molecule has 0 spiro atoms. The lowest BCUT2D eigenvalue weighted by molar-refractivity contribution is -0.124. The maximum absolute atomic E-state index is 12.9. The van der Waals surface area contributed by atoms with Crippen LogP contribution in [0.5, 0.6) is 0 Å². The van der Waals surface area contributed by atoms with E-state index in [2.05, 4.69) is 41.9 Å². The highest BCUT2D eigenvalue weighted by atomic mass is 31.2. The van der Waals surface area contributed by atoms with Gasteiger partial charge in [0.2, 0.25) is 0 Å². The molecular formula is C22H22NO2P. The van der Waals surface area contributed by atoms with Crippen LogP contribution in [0.3, 0.4) is 0 Å². The van der Waals surface area contributed by atoms with Gasteiger partial charge in [0.05, 0.1) is 7.11 Å². The molecule has 0 unspecified atom stereocenters. The van der Waals surface area contributed by atoms with Gasteiger partial charge in [-0.25, -0.2) is 5.48 Å². The van der Waals surface area contributed by atoms with Gasteiger partial charge in [0.15, 0.2) is 0 Å². The predicted octanol–water partition coefficient (Wildman–Crippen LogP) is 2.85. The Balaban J connectivity index is 2.48. The Bertz CT molecular complexity index is 819. The van der Waals surface area contributed by atoms with Gasteiger partial charge >= 0.3 is 0 Å². The van der Waals surface area contributed by atoms with Gasteiger partial charge in [0, 0.05) is 5.29 Å². The van der Waals surface area contributed by atoms with E-state index in [0.29, 0.717) is 0 Å². The standard InChI is InChI=1S/C22H22NO2P/c1-18(22(24)23-25-2)26(19-12-6-3-7-13-19,20-14-8-4-9-15-20)21-16-10-5-11-17-21/h3-17H,1-2H3,(H,23,24). The third kappa shape index (κ3) is 3.24. The van der Waals surface area contributed by atoms with Gasteiger partial charge in [-0.3, -0.25) is 9.63 Å². The molecule has 0 atom stereocenters. The van der Waals surface area contributed by atoms with E-state index in [0.717, 1.165) is 21.2 Å². The van der Waals surface area contributed by atoms with Crippen molar-refractivity contribution in [1.82, 2.24) is 5.48 Å². The highest BCUT2D eigenvalue weighted by Crippen LogP contribution is 2.46. The van der Waals surface area contributed by atoms with Crippen molar-refractivity contribution in [3.63, 3.8) is 0 Å². The Morgan fingerprint density at radius 2 is 1.08 bits per heavy atom. The SMILES string of the molecule is CONC(=O)C(C)=P(c1ccccc1)(c1ccccc1)c1ccccc1. The van der Waals surface area contributed by atoms with Crippen molar-refractivity contribution in [2.45, 2.75) is 6.92 Å². The fourth-order valence-corrected chi connectivity index (χ4v) is 7.57. The minimum absolute atomic E-state index is 0.197. The molecule has 0 aliphatic carbocycles. The van der Waals surface area contributed by atoms with E-state index >= 15 is 0 Å². The number of hydroxylamine groups is 1. The van der Waals surface area contributed by atoms with E-state index in [1.54, 1.807) is 0 Å². The summed E-state index contributed by atoms with van der Waals surface area (Å²) in [5, 5.41) is 4.17. The number of rotatable bonds is 5. The van der Waals surface area contributed by atoms with Crippen LogP contribution in [0.1, 0.15) is 6.92 Å². The van der Waals surface area contributed by atoms with Gasteiger partial charge in [-0.2, -0.15) is 0 Å². The Labute approximate surface area is 154 Å². The van der Waals surface area contributed by atoms with Crippen LogP contribution in [0, 0.1) is 0 Å². The van der Waals surface area contributed by atoms with E-state index < -0.39 is 6.89 Å². The van der Waals surface area contributed by atoms with Crippen molar-refractivity contribution in [3.8, 4) is 0 Å². The second-order valence-corrected chi connectivity index (χ2v) is 9.46. The number of hydrogen-bond acceptors (Lipinski definition) is 2. The summed E-state index contributed by atoms with van der Waals surface area (Å²) in [5.41, 5.74) is 2.51. The highest BCUT2D eigenvalue weighted by Gasteiger charge is 2.30. The molecule has 0 aliphatic heterocycles. The summed E-state index contributed by atoms with van der Waals surface area (Å²) < 4.78 is 0. The van der Waals surface area contributed by atoms with E-state index in [1.807, 2.05) is 61.5 Å².